The van der Waals surface area contributed by atoms with Gasteiger partial charge in [0.25, 0.3) is 5.56 Å². The van der Waals surface area contributed by atoms with Gasteiger partial charge in [-0.15, -0.1) is 0 Å². The number of nitrogens with zero attached hydrogens (tertiary/aromatic N) is 4. The number of aromatic nitrogens is 3. The largest absolute Gasteiger partial charge is 0.376 e. The SMILES string of the molecule is Cc1c(C#N)c(NC(=O)CSc2nc3ccccc3c(=O)n2C2CC2)n(CC2CCCO2)c1C. The summed E-state index contributed by atoms with van der Waals surface area (Å²) in [5.41, 5.74) is 2.87. The molecule has 3 heterocycles. The first-order chi connectivity index (χ1) is 16.5. The minimum atomic E-state index is -0.239. The van der Waals surface area contributed by atoms with Gasteiger partial charge in [0.15, 0.2) is 5.16 Å². The first-order valence-electron chi connectivity index (χ1n) is 11.6. The van der Waals surface area contributed by atoms with Crippen molar-refractivity contribution < 1.29 is 9.53 Å². The number of hydrogen-bond acceptors (Lipinski definition) is 6. The summed E-state index contributed by atoms with van der Waals surface area (Å²) in [6, 6.07) is 9.70. The van der Waals surface area contributed by atoms with Gasteiger partial charge < -0.3 is 14.6 Å². The molecule has 1 N–H and O–H groups in total. The lowest BCUT2D eigenvalue weighted by Crippen LogP contribution is -2.24. The zero-order valence-corrected chi connectivity index (χ0v) is 20.2. The standard InChI is InChI=1S/C25H27N5O3S/c1-15-16(2)29(13-18-6-5-11-33-18)23(20(15)12-26)28-22(31)14-34-25-27-21-8-4-3-7-19(21)24(32)30(25)17-9-10-17/h3-4,7-8,17-18H,5-6,9-11,13-14H2,1-2H3,(H,28,31). The number of hydrogen-bond donors (Lipinski definition) is 1. The molecule has 0 bridgehead atoms. The summed E-state index contributed by atoms with van der Waals surface area (Å²) >= 11 is 1.26. The van der Waals surface area contributed by atoms with Crippen LogP contribution < -0.4 is 10.9 Å². The first kappa shape index (κ1) is 22.7. The molecule has 0 radical (unpaired) electrons. The Morgan fingerprint density at radius 2 is 2.09 bits per heavy atom. The maximum Gasteiger partial charge on any atom is 0.262 e. The van der Waals surface area contributed by atoms with Crippen molar-refractivity contribution in [1.29, 1.82) is 5.26 Å². The fourth-order valence-corrected chi connectivity index (χ4v) is 5.40. The number of para-hydroxylation sites is 1. The number of nitriles is 1. The van der Waals surface area contributed by atoms with Crippen LogP contribution in [0.4, 0.5) is 5.82 Å². The van der Waals surface area contributed by atoms with Gasteiger partial charge in [-0.3, -0.25) is 14.2 Å². The Hall–Kier alpha value is -3.09. The van der Waals surface area contributed by atoms with Gasteiger partial charge >= 0.3 is 0 Å². The number of thioether (sulfide) groups is 1. The summed E-state index contributed by atoms with van der Waals surface area (Å²) in [5, 5.41) is 13.9. The third-order valence-corrected chi connectivity index (χ3v) is 7.58. The summed E-state index contributed by atoms with van der Waals surface area (Å²) in [6.07, 6.45) is 3.96. The zero-order valence-electron chi connectivity index (χ0n) is 19.3. The minimum absolute atomic E-state index is 0.0561. The highest BCUT2D eigenvalue weighted by atomic mass is 32.2. The molecular formula is C25H27N5O3S. The molecule has 5 rings (SSSR count). The van der Waals surface area contributed by atoms with Gasteiger partial charge in [-0.2, -0.15) is 5.26 Å². The van der Waals surface area contributed by atoms with Crippen LogP contribution in [0, 0.1) is 25.2 Å². The van der Waals surface area contributed by atoms with Gasteiger partial charge in [0, 0.05) is 18.3 Å². The van der Waals surface area contributed by atoms with E-state index in [9.17, 15) is 14.9 Å². The van der Waals surface area contributed by atoms with Crippen LogP contribution in [0.3, 0.4) is 0 Å². The predicted molar refractivity (Wildman–Crippen MR) is 131 cm³/mol. The summed E-state index contributed by atoms with van der Waals surface area (Å²) in [6.45, 7) is 5.21. The highest BCUT2D eigenvalue weighted by Gasteiger charge is 2.29. The zero-order chi connectivity index (χ0) is 23.8. The van der Waals surface area contributed by atoms with Crippen molar-refractivity contribution in [2.24, 2.45) is 0 Å². The van der Waals surface area contributed by atoms with Crippen molar-refractivity contribution in [1.82, 2.24) is 14.1 Å². The highest BCUT2D eigenvalue weighted by Crippen LogP contribution is 2.37. The van der Waals surface area contributed by atoms with E-state index in [-0.39, 0.29) is 29.4 Å². The highest BCUT2D eigenvalue weighted by molar-refractivity contribution is 7.99. The number of benzene rings is 1. The molecule has 0 spiro atoms. The van der Waals surface area contributed by atoms with Crippen molar-refractivity contribution in [2.75, 3.05) is 17.7 Å². The molecule has 1 aromatic carbocycles. The molecule has 1 atom stereocenters. The molecule has 34 heavy (non-hydrogen) atoms. The van der Waals surface area contributed by atoms with Gasteiger partial charge in [0.05, 0.1) is 34.9 Å². The Morgan fingerprint density at radius 1 is 1.29 bits per heavy atom. The average molecular weight is 478 g/mol. The number of anilines is 1. The molecule has 1 aliphatic heterocycles. The number of rotatable bonds is 7. The molecule has 1 aliphatic carbocycles. The van der Waals surface area contributed by atoms with Crippen LogP contribution in [-0.4, -0.2) is 38.5 Å². The molecule has 3 aromatic rings. The lowest BCUT2D eigenvalue weighted by atomic mass is 10.2. The summed E-state index contributed by atoms with van der Waals surface area (Å²) < 4.78 is 9.51. The van der Waals surface area contributed by atoms with E-state index < -0.39 is 0 Å². The molecule has 1 saturated heterocycles. The van der Waals surface area contributed by atoms with E-state index in [1.807, 2.05) is 36.6 Å². The van der Waals surface area contributed by atoms with Crippen LogP contribution in [0.15, 0.2) is 34.2 Å². The Morgan fingerprint density at radius 3 is 2.79 bits per heavy atom. The van der Waals surface area contributed by atoms with Gasteiger partial charge in [-0.1, -0.05) is 23.9 Å². The average Bonchev–Trinajstić information content (AvgIpc) is 3.49. The second-order valence-corrected chi connectivity index (χ2v) is 9.89. The van der Waals surface area contributed by atoms with Crippen molar-refractivity contribution in [3.05, 3.63) is 51.4 Å². The minimum Gasteiger partial charge on any atom is -0.376 e. The van der Waals surface area contributed by atoms with Gasteiger partial charge in [0.2, 0.25) is 5.91 Å². The molecule has 1 saturated carbocycles. The Bertz CT molecular complexity index is 1360. The van der Waals surface area contributed by atoms with Crippen LogP contribution in [0.25, 0.3) is 10.9 Å². The topological polar surface area (TPSA) is 102 Å². The quantitative estimate of drug-likeness (QED) is 0.409. The third-order valence-electron chi connectivity index (χ3n) is 6.63. The van der Waals surface area contributed by atoms with E-state index in [2.05, 4.69) is 16.4 Å². The molecular weight excluding hydrogens is 450 g/mol. The van der Waals surface area contributed by atoms with Crippen LogP contribution in [0.5, 0.6) is 0 Å². The molecule has 2 aliphatic rings. The number of fused-ring (bicyclic) bond motifs is 1. The van der Waals surface area contributed by atoms with Crippen molar-refractivity contribution in [3.8, 4) is 6.07 Å². The van der Waals surface area contributed by atoms with Crippen molar-refractivity contribution >= 4 is 34.4 Å². The number of carbonyl (C=O) groups excluding carboxylic acids is 1. The fraction of sp³-hybridized carbons (Fsp3) is 0.440. The maximum atomic E-state index is 13.1. The van der Waals surface area contributed by atoms with E-state index in [1.165, 1.54) is 11.8 Å². The monoisotopic (exact) mass is 477 g/mol. The Kier molecular flexibility index (Phi) is 6.19. The molecule has 2 aromatic heterocycles. The number of nitrogens with one attached hydrogen (secondary N) is 1. The maximum absolute atomic E-state index is 13.1. The number of amides is 1. The number of carbonyl (C=O) groups is 1. The lowest BCUT2D eigenvalue weighted by molar-refractivity contribution is -0.113. The lowest BCUT2D eigenvalue weighted by Gasteiger charge is -2.17. The summed E-state index contributed by atoms with van der Waals surface area (Å²) in [5.74, 6) is 0.368. The third kappa shape index (κ3) is 4.24. The van der Waals surface area contributed by atoms with Crippen LogP contribution >= 0.6 is 11.8 Å². The molecule has 1 unspecified atom stereocenters. The fourth-order valence-electron chi connectivity index (χ4n) is 4.53. The predicted octanol–water partition coefficient (Wildman–Crippen LogP) is 3.93. The molecule has 2 fully saturated rings. The van der Waals surface area contributed by atoms with Crippen LogP contribution in [-0.2, 0) is 16.1 Å². The molecule has 8 nitrogen and oxygen atoms in total. The summed E-state index contributed by atoms with van der Waals surface area (Å²) in [4.78, 5) is 30.8. The van der Waals surface area contributed by atoms with Crippen LogP contribution in [0.1, 0.15) is 48.5 Å². The number of ether oxygens (including phenoxy) is 1. The van der Waals surface area contributed by atoms with Crippen molar-refractivity contribution in [2.45, 2.75) is 63.4 Å². The normalized spacial score (nSPS) is 17.7. The molecule has 9 heteroatoms. The smallest absolute Gasteiger partial charge is 0.262 e. The van der Waals surface area contributed by atoms with E-state index in [4.69, 9.17) is 4.74 Å². The van der Waals surface area contributed by atoms with Gasteiger partial charge in [-0.25, -0.2) is 4.98 Å². The van der Waals surface area contributed by atoms with Crippen LogP contribution in [0.2, 0.25) is 0 Å². The summed E-state index contributed by atoms with van der Waals surface area (Å²) in [7, 11) is 0. The van der Waals surface area contributed by atoms with Crippen molar-refractivity contribution in [3.63, 3.8) is 0 Å². The Labute approximate surface area is 201 Å². The van der Waals surface area contributed by atoms with Gasteiger partial charge in [0.1, 0.15) is 11.9 Å². The molecule has 176 valence electrons. The second kappa shape index (κ2) is 9.28. The first-order valence-corrected chi connectivity index (χ1v) is 12.6. The second-order valence-electron chi connectivity index (χ2n) is 8.95. The Balaban J connectivity index is 1.38. The van der Waals surface area contributed by atoms with E-state index in [0.29, 0.717) is 34.0 Å². The van der Waals surface area contributed by atoms with E-state index in [0.717, 1.165) is 43.5 Å². The van der Waals surface area contributed by atoms with E-state index in [1.54, 1.807) is 10.6 Å². The van der Waals surface area contributed by atoms with Gasteiger partial charge in [-0.05, 0) is 57.2 Å². The van der Waals surface area contributed by atoms with E-state index >= 15 is 0 Å². The molecule has 1 amide bonds.